The molecule has 0 unspecified atom stereocenters. The van der Waals surface area contributed by atoms with Crippen LogP contribution in [0.5, 0.6) is 5.75 Å². The highest BCUT2D eigenvalue weighted by Crippen LogP contribution is 2.18. The van der Waals surface area contributed by atoms with Gasteiger partial charge in [-0.3, -0.25) is 4.79 Å². The Kier molecular flexibility index (Phi) is 4.42. The number of hydrogen-bond donors (Lipinski definition) is 2. The molecule has 7 heteroatoms. The van der Waals surface area contributed by atoms with Crippen molar-refractivity contribution in [1.82, 2.24) is 20.3 Å². The van der Waals surface area contributed by atoms with E-state index in [-0.39, 0.29) is 17.4 Å². The summed E-state index contributed by atoms with van der Waals surface area (Å²) >= 11 is 0. The zero-order valence-electron chi connectivity index (χ0n) is 13.1. The fraction of sp³-hybridized carbons (Fsp3) is 0.118. The summed E-state index contributed by atoms with van der Waals surface area (Å²) in [5.74, 6) is 0.512. The van der Waals surface area contributed by atoms with E-state index in [4.69, 9.17) is 10.5 Å². The molecule has 0 saturated carbocycles. The maximum Gasteiger partial charge on any atom is 0.275 e. The van der Waals surface area contributed by atoms with Crippen molar-refractivity contribution in [3.05, 3.63) is 65.9 Å². The maximum atomic E-state index is 12.3. The standard InChI is InChI=1S/C17H17N5O2/c1-24-14-10-6-5-7-12(14)11-19-17(23)15-16(18)22(21-20-15)13-8-3-2-4-9-13/h2-10H,11,18H2,1H3,(H,19,23). The molecule has 0 bridgehead atoms. The van der Waals surface area contributed by atoms with E-state index in [0.717, 1.165) is 11.3 Å². The van der Waals surface area contributed by atoms with Crippen LogP contribution in [0.15, 0.2) is 54.6 Å². The number of carbonyl (C=O) groups is 1. The van der Waals surface area contributed by atoms with Gasteiger partial charge in [0.2, 0.25) is 0 Å². The Morgan fingerprint density at radius 1 is 1.17 bits per heavy atom. The number of methoxy groups -OCH3 is 1. The van der Waals surface area contributed by atoms with Crippen LogP contribution in [0.1, 0.15) is 16.1 Å². The van der Waals surface area contributed by atoms with Crippen molar-refractivity contribution in [2.75, 3.05) is 12.8 Å². The summed E-state index contributed by atoms with van der Waals surface area (Å²) in [6.07, 6.45) is 0. The highest BCUT2D eigenvalue weighted by molar-refractivity contribution is 5.96. The summed E-state index contributed by atoms with van der Waals surface area (Å²) in [5, 5.41) is 10.6. The Hall–Kier alpha value is -3.35. The number of para-hydroxylation sites is 2. The lowest BCUT2D eigenvalue weighted by atomic mass is 10.2. The molecular formula is C17H17N5O2. The Bertz CT molecular complexity index is 845. The van der Waals surface area contributed by atoms with Crippen LogP contribution in [0.25, 0.3) is 5.69 Å². The second kappa shape index (κ2) is 6.82. The number of ether oxygens (including phenoxy) is 1. The first-order valence-corrected chi connectivity index (χ1v) is 7.37. The monoisotopic (exact) mass is 323 g/mol. The number of nitrogens with one attached hydrogen (secondary N) is 1. The van der Waals surface area contributed by atoms with Gasteiger partial charge in [0.15, 0.2) is 11.5 Å². The summed E-state index contributed by atoms with van der Waals surface area (Å²) < 4.78 is 6.69. The molecule has 24 heavy (non-hydrogen) atoms. The Balaban J connectivity index is 1.76. The van der Waals surface area contributed by atoms with Crippen LogP contribution in [0.3, 0.4) is 0 Å². The van der Waals surface area contributed by atoms with Gasteiger partial charge in [-0.15, -0.1) is 5.10 Å². The maximum absolute atomic E-state index is 12.3. The Morgan fingerprint density at radius 3 is 2.62 bits per heavy atom. The molecule has 0 spiro atoms. The number of nitrogens with zero attached hydrogens (tertiary/aromatic N) is 3. The van der Waals surface area contributed by atoms with Gasteiger partial charge in [0.05, 0.1) is 12.8 Å². The quantitative estimate of drug-likeness (QED) is 0.746. The van der Waals surface area contributed by atoms with Crippen LogP contribution in [0.4, 0.5) is 5.82 Å². The van der Waals surface area contributed by atoms with Gasteiger partial charge in [-0.25, -0.2) is 0 Å². The van der Waals surface area contributed by atoms with Gasteiger partial charge in [-0.05, 0) is 18.2 Å². The van der Waals surface area contributed by atoms with Crippen molar-refractivity contribution in [2.24, 2.45) is 0 Å². The molecular weight excluding hydrogens is 306 g/mol. The van der Waals surface area contributed by atoms with Gasteiger partial charge in [-0.2, -0.15) is 4.68 Å². The Morgan fingerprint density at radius 2 is 1.88 bits per heavy atom. The van der Waals surface area contributed by atoms with Gasteiger partial charge in [0.1, 0.15) is 5.75 Å². The number of benzene rings is 2. The van der Waals surface area contributed by atoms with E-state index in [1.807, 2.05) is 54.6 Å². The van der Waals surface area contributed by atoms with E-state index in [0.29, 0.717) is 12.3 Å². The van der Waals surface area contributed by atoms with Crippen LogP contribution < -0.4 is 15.8 Å². The van der Waals surface area contributed by atoms with Crippen LogP contribution in [-0.4, -0.2) is 28.0 Å². The average molecular weight is 323 g/mol. The van der Waals surface area contributed by atoms with Gasteiger partial charge in [0.25, 0.3) is 5.91 Å². The fourth-order valence-electron chi connectivity index (χ4n) is 2.32. The van der Waals surface area contributed by atoms with E-state index in [9.17, 15) is 4.79 Å². The van der Waals surface area contributed by atoms with Gasteiger partial charge in [0, 0.05) is 12.1 Å². The van der Waals surface area contributed by atoms with Crippen LogP contribution >= 0.6 is 0 Å². The second-order valence-corrected chi connectivity index (χ2v) is 5.07. The molecule has 7 nitrogen and oxygen atoms in total. The summed E-state index contributed by atoms with van der Waals surface area (Å²) in [6.45, 7) is 0.306. The molecule has 0 aliphatic rings. The normalized spacial score (nSPS) is 10.4. The molecule has 3 aromatic rings. The SMILES string of the molecule is COc1ccccc1CNC(=O)c1nnn(-c2ccccc2)c1N. The van der Waals surface area contributed by atoms with Crippen LogP contribution in [-0.2, 0) is 6.54 Å². The van der Waals surface area contributed by atoms with Crippen molar-refractivity contribution in [3.63, 3.8) is 0 Å². The molecule has 0 aliphatic carbocycles. The predicted octanol–water partition coefficient (Wildman–Crippen LogP) is 1.79. The first-order chi connectivity index (χ1) is 11.7. The molecule has 122 valence electrons. The summed E-state index contributed by atoms with van der Waals surface area (Å²) in [5.41, 5.74) is 7.71. The third kappa shape index (κ3) is 3.05. The number of nitrogen functional groups attached to an aromatic ring is 1. The number of anilines is 1. The minimum absolute atomic E-state index is 0.0914. The Labute approximate surface area is 139 Å². The lowest BCUT2D eigenvalue weighted by Crippen LogP contribution is -2.24. The van der Waals surface area contributed by atoms with E-state index in [1.54, 1.807) is 7.11 Å². The lowest BCUT2D eigenvalue weighted by molar-refractivity contribution is 0.0946. The van der Waals surface area contributed by atoms with E-state index in [1.165, 1.54) is 4.68 Å². The van der Waals surface area contributed by atoms with Crippen molar-refractivity contribution in [3.8, 4) is 11.4 Å². The van der Waals surface area contributed by atoms with Crippen molar-refractivity contribution < 1.29 is 9.53 Å². The molecule has 3 rings (SSSR count). The summed E-state index contributed by atoms with van der Waals surface area (Å²) in [6, 6.07) is 16.7. The highest BCUT2D eigenvalue weighted by atomic mass is 16.5. The zero-order valence-corrected chi connectivity index (χ0v) is 13.1. The highest BCUT2D eigenvalue weighted by Gasteiger charge is 2.18. The molecule has 1 heterocycles. The number of hydrogen-bond acceptors (Lipinski definition) is 5. The molecule has 0 fully saturated rings. The summed E-state index contributed by atoms with van der Waals surface area (Å²) in [7, 11) is 1.59. The minimum Gasteiger partial charge on any atom is -0.496 e. The molecule has 0 aliphatic heterocycles. The molecule has 1 amide bonds. The minimum atomic E-state index is -0.388. The van der Waals surface area contributed by atoms with Crippen molar-refractivity contribution in [2.45, 2.75) is 6.54 Å². The fourth-order valence-corrected chi connectivity index (χ4v) is 2.32. The van der Waals surface area contributed by atoms with Crippen molar-refractivity contribution >= 4 is 11.7 Å². The topological polar surface area (TPSA) is 95.1 Å². The van der Waals surface area contributed by atoms with Crippen molar-refractivity contribution in [1.29, 1.82) is 0 Å². The van der Waals surface area contributed by atoms with Gasteiger partial charge in [-0.1, -0.05) is 41.6 Å². The summed E-state index contributed by atoms with van der Waals surface area (Å²) in [4.78, 5) is 12.3. The number of carbonyl (C=O) groups excluding carboxylic acids is 1. The molecule has 0 radical (unpaired) electrons. The number of amides is 1. The van der Waals surface area contributed by atoms with Crippen LogP contribution in [0.2, 0.25) is 0 Å². The first-order valence-electron chi connectivity index (χ1n) is 7.37. The number of nitrogens with two attached hydrogens (primary N) is 1. The predicted molar refractivity (Wildman–Crippen MR) is 89.9 cm³/mol. The smallest absolute Gasteiger partial charge is 0.275 e. The van der Waals surface area contributed by atoms with E-state index in [2.05, 4.69) is 15.6 Å². The van der Waals surface area contributed by atoms with Gasteiger partial charge >= 0.3 is 0 Å². The largest absolute Gasteiger partial charge is 0.496 e. The van der Waals surface area contributed by atoms with E-state index < -0.39 is 0 Å². The van der Waals surface area contributed by atoms with Gasteiger partial charge < -0.3 is 15.8 Å². The average Bonchev–Trinajstić information content (AvgIpc) is 3.02. The first kappa shape index (κ1) is 15.5. The second-order valence-electron chi connectivity index (χ2n) is 5.07. The molecule has 3 N–H and O–H groups in total. The molecule has 0 saturated heterocycles. The lowest BCUT2D eigenvalue weighted by Gasteiger charge is -2.09. The third-order valence-electron chi connectivity index (χ3n) is 3.55. The van der Waals surface area contributed by atoms with Crippen LogP contribution in [0, 0.1) is 0 Å². The number of rotatable bonds is 5. The number of aromatic nitrogens is 3. The van der Waals surface area contributed by atoms with E-state index >= 15 is 0 Å². The molecule has 0 atom stereocenters. The molecule has 2 aromatic carbocycles. The zero-order chi connectivity index (χ0) is 16.9. The third-order valence-corrected chi connectivity index (χ3v) is 3.55. The molecule has 1 aromatic heterocycles.